The molecule has 0 aliphatic rings. The van der Waals surface area contributed by atoms with E-state index in [-0.39, 0.29) is 0 Å². The fraction of sp³-hybridized carbons (Fsp3) is 0.692. The Bertz CT molecular complexity index is 521. The van der Waals surface area contributed by atoms with Crippen molar-refractivity contribution < 1.29 is 13.2 Å². The lowest BCUT2D eigenvalue weighted by Crippen LogP contribution is -2.46. The zero-order chi connectivity index (χ0) is 15.4. The molecule has 0 aliphatic heterocycles. The first kappa shape index (κ1) is 17.6. The summed E-state index contributed by atoms with van der Waals surface area (Å²) in [5, 5.41) is 3.27. The van der Waals surface area contributed by atoms with E-state index in [4.69, 9.17) is 4.74 Å². The zero-order valence-electron chi connectivity index (χ0n) is 12.7. The molecule has 1 rings (SSSR count). The van der Waals surface area contributed by atoms with Crippen LogP contribution in [0.3, 0.4) is 0 Å². The Hall–Kier alpha value is -0.470. The van der Waals surface area contributed by atoms with E-state index >= 15 is 0 Å². The van der Waals surface area contributed by atoms with Crippen molar-refractivity contribution >= 4 is 21.4 Å². The Balaban J connectivity index is 2.78. The van der Waals surface area contributed by atoms with E-state index in [1.807, 2.05) is 6.07 Å². The average Bonchev–Trinajstić information content (AvgIpc) is 2.73. The van der Waals surface area contributed by atoms with Gasteiger partial charge in [-0.2, -0.15) is 0 Å². The third kappa shape index (κ3) is 5.49. The van der Waals surface area contributed by atoms with Crippen LogP contribution in [0.5, 0.6) is 0 Å². The average molecular weight is 320 g/mol. The number of methoxy groups -OCH3 is 1. The van der Waals surface area contributed by atoms with Crippen molar-refractivity contribution in [1.82, 2.24) is 10.0 Å². The lowest BCUT2D eigenvalue weighted by atomic mass is 10.1. The molecule has 20 heavy (non-hydrogen) atoms. The Labute approximate surface area is 125 Å². The second-order valence-corrected chi connectivity index (χ2v) is 8.76. The quantitative estimate of drug-likeness (QED) is 0.768. The summed E-state index contributed by atoms with van der Waals surface area (Å²) in [6.07, 6.45) is 0. The van der Waals surface area contributed by atoms with Gasteiger partial charge in [-0.25, -0.2) is 13.1 Å². The fourth-order valence-corrected chi connectivity index (χ4v) is 4.41. The molecule has 7 heteroatoms. The number of hydrogen-bond donors (Lipinski definition) is 2. The summed E-state index contributed by atoms with van der Waals surface area (Å²) < 4.78 is 32.6. The van der Waals surface area contributed by atoms with Crippen LogP contribution in [0.1, 0.15) is 32.6 Å². The molecule has 1 aromatic heterocycles. The molecule has 116 valence electrons. The van der Waals surface area contributed by atoms with Gasteiger partial charge in [-0.15, -0.1) is 11.3 Å². The van der Waals surface area contributed by atoms with Gasteiger partial charge in [0.15, 0.2) is 0 Å². The second kappa shape index (κ2) is 7.00. The number of thiophene rings is 1. The third-order valence-corrected chi connectivity index (χ3v) is 5.78. The number of nitrogens with one attached hydrogen (secondary N) is 2. The van der Waals surface area contributed by atoms with Gasteiger partial charge in [0.2, 0.25) is 0 Å². The zero-order valence-corrected chi connectivity index (χ0v) is 14.3. The van der Waals surface area contributed by atoms with E-state index in [9.17, 15) is 8.42 Å². The minimum absolute atomic E-state index is 0.319. The van der Waals surface area contributed by atoms with Gasteiger partial charge in [-0.1, -0.05) is 13.8 Å². The molecule has 0 amide bonds. The van der Waals surface area contributed by atoms with E-state index in [1.165, 1.54) is 11.3 Å². The van der Waals surface area contributed by atoms with E-state index in [0.717, 1.165) is 4.88 Å². The molecule has 0 aromatic carbocycles. The molecule has 0 spiro atoms. The molecule has 0 atom stereocenters. The first-order valence-corrected chi connectivity index (χ1v) is 8.81. The SMILES string of the molecule is COCC(C)(C)NS(=O)(=O)c1ccc(CNC(C)C)s1. The third-order valence-electron chi connectivity index (χ3n) is 2.50. The van der Waals surface area contributed by atoms with Crippen LogP contribution in [0.4, 0.5) is 0 Å². The van der Waals surface area contributed by atoms with Crippen LogP contribution >= 0.6 is 11.3 Å². The highest BCUT2D eigenvalue weighted by molar-refractivity contribution is 7.91. The largest absolute Gasteiger partial charge is 0.383 e. The van der Waals surface area contributed by atoms with Crippen LogP contribution in [0.2, 0.25) is 0 Å². The predicted octanol–water partition coefficient (Wildman–Crippen LogP) is 1.95. The van der Waals surface area contributed by atoms with Crippen molar-refractivity contribution in [3.63, 3.8) is 0 Å². The molecule has 0 saturated carbocycles. The molecule has 1 aromatic rings. The highest BCUT2D eigenvalue weighted by atomic mass is 32.2. The molecule has 1 heterocycles. The maximum atomic E-state index is 12.3. The lowest BCUT2D eigenvalue weighted by Gasteiger charge is -2.24. The Morgan fingerprint density at radius 2 is 2.00 bits per heavy atom. The molecule has 0 unspecified atom stereocenters. The second-order valence-electron chi connectivity index (χ2n) is 5.68. The number of rotatable bonds is 8. The molecule has 0 radical (unpaired) electrons. The van der Waals surface area contributed by atoms with Crippen molar-refractivity contribution in [3.05, 3.63) is 17.0 Å². The maximum absolute atomic E-state index is 12.3. The van der Waals surface area contributed by atoms with Gasteiger partial charge in [0, 0.05) is 24.6 Å². The van der Waals surface area contributed by atoms with Gasteiger partial charge < -0.3 is 10.1 Å². The van der Waals surface area contributed by atoms with E-state index in [0.29, 0.717) is 23.4 Å². The minimum Gasteiger partial charge on any atom is -0.383 e. The van der Waals surface area contributed by atoms with E-state index in [1.54, 1.807) is 27.0 Å². The highest BCUT2D eigenvalue weighted by Crippen LogP contribution is 2.23. The van der Waals surface area contributed by atoms with E-state index in [2.05, 4.69) is 23.9 Å². The summed E-state index contributed by atoms with van der Waals surface area (Å²) in [5.74, 6) is 0. The summed E-state index contributed by atoms with van der Waals surface area (Å²) >= 11 is 1.29. The molecule has 0 saturated heterocycles. The van der Waals surface area contributed by atoms with Crippen LogP contribution in [-0.4, -0.2) is 33.7 Å². The fourth-order valence-electron chi connectivity index (χ4n) is 1.71. The topological polar surface area (TPSA) is 67.4 Å². The van der Waals surface area contributed by atoms with Crippen LogP contribution in [0.25, 0.3) is 0 Å². The summed E-state index contributed by atoms with van der Waals surface area (Å²) in [6, 6.07) is 3.86. The summed E-state index contributed by atoms with van der Waals surface area (Å²) in [7, 11) is -1.94. The van der Waals surface area contributed by atoms with Gasteiger partial charge in [-0.05, 0) is 26.0 Å². The van der Waals surface area contributed by atoms with Crippen LogP contribution in [0.15, 0.2) is 16.3 Å². The van der Waals surface area contributed by atoms with Crippen LogP contribution in [0, 0.1) is 0 Å². The monoisotopic (exact) mass is 320 g/mol. The lowest BCUT2D eigenvalue weighted by molar-refractivity contribution is 0.141. The highest BCUT2D eigenvalue weighted by Gasteiger charge is 2.27. The molecule has 0 bridgehead atoms. The van der Waals surface area contributed by atoms with Gasteiger partial charge in [0.1, 0.15) is 4.21 Å². The Morgan fingerprint density at radius 1 is 1.35 bits per heavy atom. The van der Waals surface area contributed by atoms with Gasteiger partial charge in [0.05, 0.1) is 12.1 Å². The van der Waals surface area contributed by atoms with Crippen LogP contribution in [-0.2, 0) is 21.3 Å². The van der Waals surface area contributed by atoms with Crippen molar-refractivity contribution in [3.8, 4) is 0 Å². The molecule has 0 aliphatic carbocycles. The summed E-state index contributed by atoms with van der Waals surface area (Å²) in [4.78, 5) is 1.00. The standard InChI is InChI=1S/C13H24N2O3S2/c1-10(2)14-8-11-6-7-12(19-11)20(16,17)15-13(3,4)9-18-5/h6-7,10,14-15H,8-9H2,1-5H3. The first-order chi connectivity index (χ1) is 9.16. The Morgan fingerprint density at radius 3 is 2.55 bits per heavy atom. The van der Waals surface area contributed by atoms with Crippen molar-refractivity contribution in [2.24, 2.45) is 0 Å². The smallest absolute Gasteiger partial charge is 0.250 e. The molecule has 2 N–H and O–H groups in total. The summed E-state index contributed by atoms with van der Waals surface area (Å²) in [6.45, 7) is 8.70. The molecular formula is C13H24N2O3S2. The van der Waals surface area contributed by atoms with Crippen molar-refractivity contribution in [2.45, 2.75) is 50.0 Å². The first-order valence-electron chi connectivity index (χ1n) is 6.51. The van der Waals surface area contributed by atoms with E-state index < -0.39 is 15.6 Å². The normalized spacial score (nSPS) is 13.1. The Kier molecular flexibility index (Phi) is 6.15. The summed E-state index contributed by atoms with van der Waals surface area (Å²) in [5.41, 5.74) is -0.631. The van der Waals surface area contributed by atoms with Crippen molar-refractivity contribution in [1.29, 1.82) is 0 Å². The maximum Gasteiger partial charge on any atom is 0.250 e. The van der Waals surface area contributed by atoms with Crippen LogP contribution < -0.4 is 10.0 Å². The van der Waals surface area contributed by atoms with Crippen molar-refractivity contribution in [2.75, 3.05) is 13.7 Å². The molecule has 5 nitrogen and oxygen atoms in total. The number of ether oxygens (including phenoxy) is 1. The molecule has 0 fully saturated rings. The minimum atomic E-state index is -3.50. The number of sulfonamides is 1. The van der Waals surface area contributed by atoms with Gasteiger partial charge >= 0.3 is 0 Å². The number of hydrogen-bond acceptors (Lipinski definition) is 5. The molecular weight excluding hydrogens is 296 g/mol. The van der Waals surface area contributed by atoms with Gasteiger partial charge in [0.25, 0.3) is 10.0 Å². The van der Waals surface area contributed by atoms with Gasteiger partial charge in [-0.3, -0.25) is 0 Å². The predicted molar refractivity (Wildman–Crippen MR) is 82.6 cm³/mol.